The number of aryl methyl sites for hydroxylation is 2. The van der Waals surface area contributed by atoms with Crippen molar-refractivity contribution in [3.8, 4) is 0 Å². The van der Waals surface area contributed by atoms with Crippen LogP contribution in [-0.4, -0.2) is 25.2 Å². The van der Waals surface area contributed by atoms with E-state index in [2.05, 4.69) is 0 Å². The molecule has 0 aliphatic carbocycles. The van der Waals surface area contributed by atoms with E-state index in [4.69, 9.17) is 0 Å². The molecule has 3 heteroatoms. The van der Waals surface area contributed by atoms with Crippen molar-refractivity contribution in [1.29, 1.82) is 0 Å². The van der Waals surface area contributed by atoms with Crippen LogP contribution in [0.5, 0.6) is 0 Å². The zero-order valence-electron chi connectivity index (χ0n) is 12.3. The molecule has 0 amide bonds. The van der Waals surface area contributed by atoms with E-state index in [1.54, 1.807) is 0 Å². The molecular weight excluding hydrogens is 327 g/mol. The van der Waals surface area contributed by atoms with Gasteiger partial charge in [-0.05, 0) is 0 Å². The van der Waals surface area contributed by atoms with E-state index in [-0.39, 0.29) is 15.0 Å². The van der Waals surface area contributed by atoms with Crippen LogP contribution in [-0.2, 0) is 11.2 Å². The van der Waals surface area contributed by atoms with Gasteiger partial charge in [-0.3, -0.25) is 0 Å². The quantitative estimate of drug-likeness (QED) is 0.820. The van der Waals surface area contributed by atoms with Gasteiger partial charge in [0.2, 0.25) is 0 Å². The summed E-state index contributed by atoms with van der Waals surface area (Å²) in [6.07, 6.45) is 0. The van der Waals surface area contributed by atoms with Crippen LogP contribution in [0, 0.1) is 13.8 Å². The molecule has 0 bridgehead atoms. The molecule has 1 aliphatic heterocycles. The molecule has 1 heterocycles. The van der Waals surface area contributed by atoms with Gasteiger partial charge in [-0.1, -0.05) is 0 Å². The molecule has 3 rings (SSSR count). The van der Waals surface area contributed by atoms with Gasteiger partial charge < -0.3 is 0 Å². The second-order valence-corrected chi connectivity index (χ2v) is 8.01. The predicted molar refractivity (Wildman–Crippen MR) is 85.5 cm³/mol. The predicted octanol–water partition coefficient (Wildman–Crippen LogP) is 2.93. The Morgan fingerprint density at radius 2 is 1.05 bits per heavy atom. The SMILES string of the molecule is Cc1ccc([C@]2(O)C[Se]C[C@]2(O)c2ccc(C)cc2)cc1. The van der Waals surface area contributed by atoms with Gasteiger partial charge in [-0.25, -0.2) is 0 Å². The third kappa shape index (κ3) is 2.35. The zero-order chi connectivity index (χ0) is 15.1. The van der Waals surface area contributed by atoms with Crippen molar-refractivity contribution in [1.82, 2.24) is 0 Å². The molecule has 110 valence electrons. The third-order valence-corrected chi connectivity index (χ3v) is 6.97. The number of aliphatic hydroxyl groups is 2. The van der Waals surface area contributed by atoms with Gasteiger partial charge >= 0.3 is 132 Å². The molecule has 0 saturated carbocycles. The van der Waals surface area contributed by atoms with E-state index in [0.29, 0.717) is 10.6 Å². The van der Waals surface area contributed by atoms with Crippen LogP contribution >= 0.6 is 0 Å². The van der Waals surface area contributed by atoms with Crippen LogP contribution in [0.4, 0.5) is 0 Å². The normalized spacial score (nSPS) is 28.8. The molecule has 2 aromatic rings. The number of hydrogen-bond donors (Lipinski definition) is 2. The van der Waals surface area contributed by atoms with Crippen molar-refractivity contribution in [2.24, 2.45) is 0 Å². The molecule has 0 aromatic heterocycles. The fourth-order valence-electron chi connectivity index (χ4n) is 2.89. The van der Waals surface area contributed by atoms with E-state index in [9.17, 15) is 10.2 Å². The summed E-state index contributed by atoms with van der Waals surface area (Å²) in [6.45, 7) is 4.05. The zero-order valence-corrected chi connectivity index (χ0v) is 14.0. The Bertz CT molecular complexity index is 578. The minimum atomic E-state index is -1.18. The van der Waals surface area contributed by atoms with Crippen molar-refractivity contribution in [3.63, 3.8) is 0 Å². The van der Waals surface area contributed by atoms with E-state index in [1.165, 1.54) is 0 Å². The first-order valence-corrected chi connectivity index (χ1v) is 9.55. The fourth-order valence-corrected chi connectivity index (χ4v) is 6.04. The molecule has 1 saturated heterocycles. The van der Waals surface area contributed by atoms with Crippen molar-refractivity contribution in [3.05, 3.63) is 70.8 Å². The Hall–Kier alpha value is -1.12. The first-order valence-electron chi connectivity index (χ1n) is 7.12. The van der Waals surface area contributed by atoms with E-state index >= 15 is 0 Å². The molecule has 1 fully saturated rings. The number of rotatable bonds is 2. The number of benzene rings is 2. The summed E-state index contributed by atoms with van der Waals surface area (Å²) in [5.41, 5.74) is 1.58. The Labute approximate surface area is 132 Å². The second-order valence-electron chi connectivity index (χ2n) is 5.95. The summed E-state index contributed by atoms with van der Waals surface area (Å²) in [4.78, 5) is 0. The summed E-state index contributed by atoms with van der Waals surface area (Å²) in [5.74, 6) is 0. The average Bonchev–Trinajstić information content (AvgIpc) is 2.78. The van der Waals surface area contributed by atoms with Crippen LogP contribution in [0.1, 0.15) is 22.3 Å². The first-order chi connectivity index (χ1) is 9.96. The standard InChI is InChI=1S/C18H20O2Se/c1-13-3-7-15(8-4-13)17(19)11-21-12-18(17,20)16-9-5-14(2)6-10-16/h3-10,19-20H,11-12H2,1-2H3/t17-,18+. The molecule has 2 N–H and O–H groups in total. The van der Waals surface area contributed by atoms with Gasteiger partial charge in [0.1, 0.15) is 0 Å². The van der Waals surface area contributed by atoms with E-state index < -0.39 is 11.2 Å². The van der Waals surface area contributed by atoms with Crippen molar-refractivity contribution in [2.75, 3.05) is 0 Å². The van der Waals surface area contributed by atoms with Crippen LogP contribution in [0.3, 0.4) is 0 Å². The minimum absolute atomic E-state index is 0.235. The van der Waals surface area contributed by atoms with Gasteiger partial charge in [-0.15, -0.1) is 0 Å². The number of hydrogen-bond acceptors (Lipinski definition) is 2. The van der Waals surface area contributed by atoms with Crippen molar-refractivity contribution < 1.29 is 10.2 Å². The average molecular weight is 347 g/mol. The Balaban J connectivity index is 2.08. The maximum absolute atomic E-state index is 11.3. The Kier molecular flexibility index (Phi) is 3.71. The molecule has 0 spiro atoms. The molecule has 2 aromatic carbocycles. The van der Waals surface area contributed by atoms with Crippen LogP contribution in [0.25, 0.3) is 0 Å². The van der Waals surface area contributed by atoms with Gasteiger partial charge in [0.05, 0.1) is 0 Å². The van der Waals surface area contributed by atoms with Gasteiger partial charge in [0.15, 0.2) is 0 Å². The van der Waals surface area contributed by atoms with Crippen molar-refractivity contribution >= 4 is 15.0 Å². The van der Waals surface area contributed by atoms with Crippen LogP contribution in [0.15, 0.2) is 48.5 Å². The first kappa shape index (κ1) is 14.8. The fraction of sp³-hybridized carbons (Fsp3) is 0.333. The maximum atomic E-state index is 11.3. The third-order valence-electron chi connectivity index (χ3n) is 4.36. The van der Waals surface area contributed by atoms with E-state index in [1.807, 2.05) is 62.4 Å². The summed E-state index contributed by atoms with van der Waals surface area (Å²) < 4.78 is 0. The Morgan fingerprint density at radius 3 is 1.38 bits per heavy atom. The topological polar surface area (TPSA) is 40.5 Å². The molecule has 2 nitrogen and oxygen atoms in total. The molecule has 0 unspecified atom stereocenters. The molecular formula is C18H20O2Se. The molecule has 2 atom stereocenters. The molecule has 1 aliphatic rings. The second kappa shape index (κ2) is 5.26. The van der Waals surface area contributed by atoms with Gasteiger partial charge in [0, 0.05) is 0 Å². The van der Waals surface area contributed by atoms with E-state index in [0.717, 1.165) is 22.3 Å². The monoisotopic (exact) mass is 348 g/mol. The summed E-state index contributed by atoms with van der Waals surface area (Å²) >= 11 is 0.235. The Morgan fingerprint density at radius 1 is 0.714 bits per heavy atom. The summed E-state index contributed by atoms with van der Waals surface area (Å²) in [5, 5.41) is 23.8. The van der Waals surface area contributed by atoms with Gasteiger partial charge in [-0.2, -0.15) is 0 Å². The van der Waals surface area contributed by atoms with Crippen molar-refractivity contribution in [2.45, 2.75) is 35.7 Å². The van der Waals surface area contributed by atoms with Crippen LogP contribution < -0.4 is 0 Å². The van der Waals surface area contributed by atoms with Gasteiger partial charge in [0.25, 0.3) is 0 Å². The molecule has 0 radical (unpaired) electrons. The molecule has 21 heavy (non-hydrogen) atoms. The summed E-state index contributed by atoms with van der Waals surface area (Å²) in [7, 11) is 0. The van der Waals surface area contributed by atoms with Crippen LogP contribution in [0.2, 0.25) is 10.6 Å². The summed E-state index contributed by atoms with van der Waals surface area (Å²) in [6, 6.07) is 15.7.